The maximum atomic E-state index is 10.8. The maximum absolute atomic E-state index is 10.8. The van der Waals surface area contributed by atoms with Crippen molar-refractivity contribution in [2.75, 3.05) is 7.11 Å². The molecule has 0 atom stereocenters. The molecule has 6 heteroatoms. The van der Waals surface area contributed by atoms with Gasteiger partial charge in [0.25, 0.3) is 0 Å². The number of methoxy groups -OCH3 is 1. The summed E-state index contributed by atoms with van der Waals surface area (Å²) < 4.78 is 7.49. The molecule has 0 fully saturated rings. The zero-order valence-corrected chi connectivity index (χ0v) is 12.1. The Morgan fingerprint density at radius 1 is 1.42 bits per heavy atom. The molecule has 2 aromatic rings. The van der Waals surface area contributed by atoms with E-state index in [-0.39, 0.29) is 6.42 Å². The highest BCUT2D eigenvalue weighted by atomic mass is 79.9. The van der Waals surface area contributed by atoms with E-state index in [2.05, 4.69) is 21.0 Å². The van der Waals surface area contributed by atoms with E-state index >= 15 is 0 Å². The fourth-order valence-corrected chi connectivity index (χ4v) is 2.58. The number of halogens is 1. The molecular formula is C13H13BrN2O3. The highest BCUT2D eigenvalue weighted by Crippen LogP contribution is 2.31. The van der Waals surface area contributed by atoms with Crippen LogP contribution in [0.15, 0.2) is 28.7 Å². The number of benzene rings is 1. The highest BCUT2D eigenvalue weighted by molar-refractivity contribution is 9.10. The van der Waals surface area contributed by atoms with E-state index in [1.165, 1.54) is 0 Å². The summed E-state index contributed by atoms with van der Waals surface area (Å²) in [5.74, 6) is -0.132. The Balaban J connectivity index is 2.43. The highest BCUT2D eigenvalue weighted by Gasteiger charge is 2.17. The third-order valence-corrected chi connectivity index (χ3v) is 3.57. The first-order valence-electron chi connectivity index (χ1n) is 5.60. The number of carboxylic acid groups (broad SMARTS) is 1. The molecule has 1 heterocycles. The lowest BCUT2D eigenvalue weighted by molar-refractivity contribution is -0.136. The van der Waals surface area contributed by atoms with E-state index in [1.54, 1.807) is 18.8 Å². The number of nitrogens with zero attached hydrogens (tertiary/aromatic N) is 2. The first kappa shape index (κ1) is 13.6. The van der Waals surface area contributed by atoms with Crippen LogP contribution in [0.3, 0.4) is 0 Å². The molecule has 0 spiro atoms. The topological polar surface area (TPSA) is 64.3 Å². The summed E-state index contributed by atoms with van der Waals surface area (Å²) in [6.07, 6.45) is -0.107. The Morgan fingerprint density at radius 2 is 2.05 bits per heavy atom. The predicted molar refractivity (Wildman–Crippen MR) is 74.2 cm³/mol. The van der Waals surface area contributed by atoms with Gasteiger partial charge in [-0.1, -0.05) is 0 Å². The van der Waals surface area contributed by atoms with Crippen LogP contribution in [-0.2, 0) is 18.3 Å². The van der Waals surface area contributed by atoms with Gasteiger partial charge in [-0.05, 0) is 40.2 Å². The number of carboxylic acids is 1. The number of aromatic nitrogens is 2. The maximum Gasteiger partial charge on any atom is 0.309 e. The quantitative estimate of drug-likeness (QED) is 0.938. The Hall–Kier alpha value is -1.82. The summed E-state index contributed by atoms with van der Waals surface area (Å²) in [5.41, 5.74) is 2.30. The minimum Gasteiger partial charge on any atom is -0.497 e. The first-order chi connectivity index (χ1) is 9.02. The lowest BCUT2D eigenvalue weighted by Gasteiger charge is -2.04. The predicted octanol–water partition coefficient (Wildman–Crippen LogP) is 2.49. The first-order valence-corrected chi connectivity index (χ1v) is 6.39. The third kappa shape index (κ3) is 2.78. The van der Waals surface area contributed by atoms with Crippen LogP contribution < -0.4 is 4.74 Å². The molecule has 1 N–H and O–H groups in total. The molecule has 0 aliphatic rings. The fraction of sp³-hybridized carbons (Fsp3) is 0.231. The number of aliphatic carboxylic acids is 1. The minimum atomic E-state index is -0.903. The lowest BCUT2D eigenvalue weighted by Crippen LogP contribution is -2.02. The summed E-state index contributed by atoms with van der Waals surface area (Å²) in [4.78, 5) is 10.8. The smallest absolute Gasteiger partial charge is 0.309 e. The van der Waals surface area contributed by atoms with Gasteiger partial charge in [-0.25, -0.2) is 0 Å². The Bertz CT molecular complexity index is 605. The van der Waals surface area contributed by atoms with Gasteiger partial charge < -0.3 is 9.84 Å². The molecule has 1 aromatic heterocycles. The molecule has 2 rings (SSSR count). The van der Waals surface area contributed by atoms with Crippen LogP contribution in [0.4, 0.5) is 0 Å². The van der Waals surface area contributed by atoms with Crippen LogP contribution in [0.5, 0.6) is 5.75 Å². The van der Waals surface area contributed by atoms with Crippen LogP contribution >= 0.6 is 15.9 Å². The summed E-state index contributed by atoms with van der Waals surface area (Å²) >= 11 is 3.42. The Kier molecular flexibility index (Phi) is 3.90. The van der Waals surface area contributed by atoms with Crippen LogP contribution in [0.25, 0.3) is 11.3 Å². The average molecular weight is 325 g/mol. The second-order valence-electron chi connectivity index (χ2n) is 4.03. The van der Waals surface area contributed by atoms with Crippen molar-refractivity contribution < 1.29 is 14.6 Å². The van der Waals surface area contributed by atoms with Crippen LogP contribution in [0.1, 0.15) is 5.69 Å². The normalized spacial score (nSPS) is 10.5. The van der Waals surface area contributed by atoms with E-state index in [0.29, 0.717) is 10.2 Å². The van der Waals surface area contributed by atoms with Crippen LogP contribution in [0.2, 0.25) is 0 Å². The number of ether oxygens (including phenoxy) is 1. The number of rotatable bonds is 4. The third-order valence-electron chi connectivity index (χ3n) is 2.74. The summed E-state index contributed by atoms with van der Waals surface area (Å²) in [7, 11) is 3.40. The summed E-state index contributed by atoms with van der Waals surface area (Å²) in [5, 5.41) is 13.1. The molecule has 0 bridgehead atoms. The van der Waals surface area contributed by atoms with Crippen molar-refractivity contribution in [2.24, 2.45) is 7.05 Å². The number of carbonyl (C=O) groups is 1. The molecular weight excluding hydrogens is 312 g/mol. The lowest BCUT2D eigenvalue weighted by atomic mass is 10.1. The Morgan fingerprint density at radius 3 is 2.58 bits per heavy atom. The van der Waals surface area contributed by atoms with E-state index < -0.39 is 5.97 Å². The molecule has 5 nitrogen and oxygen atoms in total. The molecule has 0 amide bonds. The monoisotopic (exact) mass is 324 g/mol. The van der Waals surface area contributed by atoms with Gasteiger partial charge in [0.05, 0.1) is 29.4 Å². The SMILES string of the molecule is COc1ccc(-c2c(Br)c(CC(=O)O)nn2C)cc1. The van der Waals surface area contributed by atoms with E-state index in [4.69, 9.17) is 9.84 Å². The molecule has 0 aliphatic heterocycles. The van der Waals surface area contributed by atoms with E-state index in [0.717, 1.165) is 17.0 Å². The van der Waals surface area contributed by atoms with Gasteiger partial charge in [-0.15, -0.1) is 0 Å². The molecule has 19 heavy (non-hydrogen) atoms. The van der Waals surface area contributed by atoms with Gasteiger partial charge >= 0.3 is 5.97 Å². The van der Waals surface area contributed by atoms with Crippen molar-refractivity contribution in [2.45, 2.75) is 6.42 Å². The second-order valence-corrected chi connectivity index (χ2v) is 4.82. The number of hydrogen-bond acceptors (Lipinski definition) is 3. The molecule has 0 aliphatic carbocycles. The van der Waals surface area contributed by atoms with Gasteiger partial charge in [0, 0.05) is 12.6 Å². The average Bonchev–Trinajstić information content (AvgIpc) is 2.64. The van der Waals surface area contributed by atoms with Gasteiger partial charge in [-0.3, -0.25) is 9.48 Å². The molecule has 0 saturated heterocycles. The number of hydrogen-bond donors (Lipinski definition) is 1. The number of aryl methyl sites for hydroxylation is 1. The standard InChI is InChI=1S/C13H13BrN2O3/c1-16-13(8-3-5-9(19-2)6-4-8)12(14)10(15-16)7-11(17)18/h3-6H,7H2,1-2H3,(H,17,18). The van der Waals surface area contributed by atoms with Gasteiger partial charge in [0.15, 0.2) is 0 Å². The van der Waals surface area contributed by atoms with Crippen LogP contribution in [-0.4, -0.2) is 28.0 Å². The van der Waals surface area contributed by atoms with Crippen molar-refractivity contribution in [3.05, 3.63) is 34.4 Å². The zero-order valence-electron chi connectivity index (χ0n) is 10.6. The van der Waals surface area contributed by atoms with Gasteiger partial charge in [0.2, 0.25) is 0 Å². The summed E-state index contributed by atoms with van der Waals surface area (Å²) in [6.45, 7) is 0. The molecule has 0 saturated carbocycles. The molecule has 0 unspecified atom stereocenters. The van der Waals surface area contributed by atoms with Gasteiger partial charge in [-0.2, -0.15) is 5.10 Å². The molecule has 0 radical (unpaired) electrons. The summed E-state index contributed by atoms with van der Waals surface area (Å²) in [6, 6.07) is 7.52. The van der Waals surface area contributed by atoms with E-state index in [9.17, 15) is 4.79 Å². The van der Waals surface area contributed by atoms with Crippen molar-refractivity contribution in [1.82, 2.24) is 9.78 Å². The van der Waals surface area contributed by atoms with E-state index in [1.807, 2.05) is 24.3 Å². The van der Waals surface area contributed by atoms with Gasteiger partial charge in [0.1, 0.15) is 5.75 Å². The molecule has 1 aromatic carbocycles. The van der Waals surface area contributed by atoms with Crippen molar-refractivity contribution in [3.8, 4) is 17.0 Å². The van der Waals surface area contributed by atoms with Crippen molar-refractivity contribution in [3.63, 3.8) is 0 Å². The largest absolute Gasteiger partial charge is 0.497 e. The fourth-order valence-electron chi connectivity index (χ4n) is 1.87. The zero-order chi connectivity index (χ0) is 14.0. The van der Waals surface area contributed by atoms with Crippen molar-refractivity contribution >= 4 is 21.9 Å². The minimum absolute atomic E-state index is 0.107. The van der Waals surface area contributed by atoms with Crippen LogP contribution in [0, 0.1) is 0 Å². The second kappa shape index (κ2) is 5.44. The van der Waals surface area contributed by atoms with Crippen molar-refractivity contribution in [1.29, 1.82) is 0 Å². The molecule has 100 valence electrons. The Labute approximate surface area is 118 Å².